The topological polar surface area (TPSA) is 76.0 Å². The van der Waals surface area contributed by atoms with E-state index in [0.29, 0.717) is 19.6 Å². The third-order valence-corrected chi connectivity index (χ3v) is 5.60. The molecule has 0 rings (SSSR count). The van der Waals surface area contributed by atoms with Crippen molar-refractivity contribution in [1.82, 2.24) is 0 Å². The van der Waals surface area contributed by atoms with Gasteiger partial charge in [0.15, 0.2) is 0 Å². The first kappa shape index (κ1) is 29.4. The maximum atomic E-state index is 11.6. The lowest BCUT2D eigenvalue weighted by Gasteiger charge is -2.23. The van der Waals surface area contributed by atoms with Crippen LogP contribution in [-0.2, 0) is 14.3 Å². The van der Waals surface area contributed by atoms with Gasteiger partial charge in [-0.05, 0) is 45.4 Å². The highest BCUT2D eigenvalue weighted by Gasteiger charge is 2.18. The molecule has 0 saturated carbocycles. The highest BCUT2D eigenvalue weighted by Crippen LogP contribution is 2.17. The lowest BCUT2D eigenvalue weighted by Crippen LogP contribution is -2.29. The van der Waals surface area contributed by atoms with Gasteiger partial charge in [-0.15, -0.1) is 0 Å². The van der Waals surface area contributed by atoms with Gasteiger partial charge < -0.3 is 19.7 Å². The van der Waals surface area contributed by atoms with Crippen molar-refractivity contribution >= 4 is 5.97 Å². The fourth-order valence-electron chi connectivity index (χ4n) is 3.71. The van der Waals surface area contributed by atoms with Gasteiger partial charge in [0.1, 0.15) is 0 Å². The van der Waals surface area contributed by atoms with Crippen molar-refractivity contribution in [2.45, 2.75) is 135 Å². The molecule has 0 heterocycles. The minimum atomic E-state index is -0.360. The number of unbranched alkanes of at least 4 members (excludes halogenated alkanes) is 11. The molecule has 0 radical (unpaired) electrons. The lowest BCUT2D eigenvalue weighted by atomic mass is 9.99. The van der Waals surface area contributed by atoms with Crippen molar-refractivity contribution in [3.63, 3.8) is 0 Å². The summed E-state index contributed by atoms with van der Waals surface area (Å²) in [5, 5.41) is 19.2. The maximum absolute atomic E-state index is 11.6. The zero-order chi connectivity index (χ0) is 22.3. The Hall–Kier alpha value is -0.650. The van der Waals surface area contributed by atoms with E-state index in [2.05, 4.69) is 6.92 Å². The molecule has 0 amide bonds. The molecule has 0 aliphatic carbocycles. The molecule has 0 aliphatic rings. The third-order valence-electron chi connectivity index (χ3n) is 5.60. The number of aliphatic hydroxyl groups excluding tert-OH is 2. The molecule has 0 fully saturated rings. The number of hydrogen-bond acceptors (Lipinski definition) is 5. The van der Waals surface area contributed by atoms with Crippen LogP contribution in [0, 0.1) is 0 Å². The molecule has 30 heavy (non-hydrogen) atoms. The Morgan fingerprint density at radius 2 is 1.37 bits per heavy atom. The summed E-state index contributed by atoms with van der Waals surface area (Å²) in [6.07, 6.45) is 17.1. The van der Waals surface area contributed by atoms with E-state index in [-0.39, 0.29) is 24.8 Å². The molecule has 180 valence electrons. The third kappa shape index (κ3) is 19.3. The van der Waals surface area contributed by atoms with Gasteiger partial charge in [-0.1, -0.05) is 71.1 Å². The lowest BCUT2D eigenvalue weighted by molar-refractivity contribution is -0.143. The predicted octanol–water partition coefficient (Wildman–Crippen LogP) is 5.94. The normalized spacial score (nSPS) is 13.3. The van der Waals surface area contributed by atoms with Gasteiger partial charge in [0, 0.05) is 19.6 Å². The SMILES string of the molecule is CCCCCCCCC(OCC)C(O)CCCCCCCC(=O)OCCCCCO. The second-order valence-corrected chi connectivity index (χ2v) is 8.43. The van der Waals surface area contributed by atoms with Crippen molar-refractivity contribution in [3.05, 3.63) is 0 Å². The summed E-state index contributed by atoms with van der Waals surface area (Å²) in [5.74, 6) is -0.108. The summed E-state index contributed by atoms with van der Waals surface area (Å²) >= 11 is 0. The standard InChI is InChI=1S/C25H50O5/c1-3-5-6-7-10-14-19-24(29-4-2)23(27)18-13-9-8-11-15-20-25(28)30-22-17-12-16-21-26/h23-24,26-27H,3-22H2,1-2H3. The first-order valence-corrected chi connectivity index (χ1v) is 12.7. The molecule has 2 N–H and O–H groups in total. The van der Waals surface area contributed by atoms with E-state index in [1.165, 1.54) is 32.1 Å². The fraction of sp³-hybridized carbons (Fsp3) is 0.960. The fourth-order valence-corrected chi connectivity index (χ4v) is 3.71. The maximum Gasteiger partial charge on any atom is 0.305 e. The monoisotopic (exact) mass is 430 g/mol. The van der Waals surface area contributed by atoms with Crippen LogP contribution in [0.1, 0.15) is 123 Å². The molecule has 0 aromatic rings. The van der Waals surface area contributed by atoms with Crippen LogP contribution in [0.4, 0.5) is 0 Å². The molecule has 0 aromatic carbocycles. The quantitative estimate of drug-likeness (QED) is 0.155. The molecular weight excluding hydrogens is 380 g/mol. The van der Waals surface area contributed by atoms with E-state index >= 15 is 0 Å². The molecule has 5 nitrogen and oxygen atoms in total. The van der Waals surface area contributed by atoms with Crippen molar-refractivity contribution in [1.29, 1.82) is 0 Å². The van der Waals surface area contributed by atoms with Crippen LogP contribution in [0.2, 0.25) is 0 Å². The first-order chi connectivity index (χ1) is 14.7. The van der Waals surface area contributed by atoms with Crippen LogP contribution in [0.15, 0.2) is 0 Å². The Balaban J connectivity index is 3.65. The molecule has 0 aromatic heterocycles. The van der Waals surface area contributed by atoms with Crippen molar-refractivity contribution < 1.29 is 24.5 Å². The number of esters is 1. The minimum absolute atomic E-state index is 0.0201. The number of carbonyl (C=O) groups is 1. The molecule has 0 spiro atoms. The van der Waals surface area contributed by atoms with Crippen LogP contribution in [0.25, 0.3) is 0 Å². The highest BCUT2D eigenvalue weighted by molar-refractivity contribution is 5.69. The Morgan fingerprint density at radius 3 is 2.03 bits per heavy atom. The Labute approximate surface area is 185 Å². The zero-order valence-corrected chi connectivity index (χ0v) is 19.9. The van der Waals surface area contributed by atoms with Crippen LogP contribution < -0.4 is 0 Å². The average molecular weight is 431 g/mol. The van der Waals surface area contributed by atoms with Gasteiger partial charge in [0.25, 0.3) is 0 Å². The van der Waals surface area contributed by atoms with Crippen LogP contribution in [0.3, 0.4) is 0 Å². The number of carbonyl (C=O) groups excluding carboxylic acids is 1. The predicted molar refractivity (Wildman–Crippen MR) is 124 cm³/mol. The first-order valence-electron chi connectivity index (χ1n) is 12.7. The van der Waals surface area contributed by atoms with E-state index in [1.54, 1.807) is 0 Å². The van der Waals surface area contributed by atoms with Crippen molar-refractivity contribution in [3.8, 4) is 0 Å². The Kier molecular flexibility index (Phi) is 22.5. The second kappa shape index (κ2) is 23.0. The molecular formula is C25H50O5. The largest absolute Gasteiger partial charge is 0.466 e. The number of aliphatic hydroxyl groups is 2. The van der Waals surface area contributed by atoms with Gasteiger partial charge in [-0.25, -0.2) is 0 Å². The van der Waals surface area contributed by atoms with Crippen LogP contribution in [0.5, 0.6) is 0 Å². The van der Waals surface area contributed by atoms with Gasteiger partial charge >= 0.3 is 5.97 Å². The van der Waals surface area contributed by atoms with Crippen LogP contribution >= 0.6 is 0 Å². The van der Waals surface area contributed by atoms with E-state index in [9.17, 15) is 9.90 Å². The number of ether oxygens (including phenoxy) is 2. The average Bonchev–Trinajstić information content (AvgIpc) is 2.74. The van der Waals surface area contributed by atoms with Gasteiger partial charge in [-0.2, -0.15) is 0 Å². The van der Waals surface area contributed by atoms with Gasteiger partial charge in [-0.3, -0.25) is 4.79 Å². The molecule has 2 atom stereocenters. The minimum Gasteiger partial charge on any atom is -0.466 e. The van der Waals surface area contributed by atoms with E-state index in [1.807, 2.05) is 6.92 Å². The van der Waals surface area contributed by atoms with Crippen LogP contribution in [-0.4, -0.2) is 48.2 Å². The van der Waals surface area contributed by atoms with Crippen molar-refractivity contribution in [2.75, 3.05) is 19.8 Å². The summed E-state index contributed by atoms with van der Waals surface area (Å²) in [6.45, 7) is 5.57. The highest BCUT2D eigenvalue weighted by atomic mass is 16.5. The van der Waals surface area contributed by atoms with Gasteiger partial charge in [0.05, 0.1) is 18.8 Å². The number of hydrogen-bond donors (Lipinski definition) is 2. The molecule has 0 bridgehead atoms. The summed E-state index contributed by atoms with van der Waals surface area (Å²) in [4.78, 5) is 11.6. The second-order valence-electron chi connectivity index (χ2n) is 8.43. The Bertz CT molecular complexity index is 361. The van der Waals surface area contributed by atoms with E-state index in [4.69, 9.17) is 14.6 Å². The van der Waals surface area contributed by atoms with E-state index < -0.39 is 0 Å². The summed E-state index contributed by atoms with van der Waals surface area (Å²) in [6, 6.07) is 0. The molecule has 0 aliphatic heterocycles. The summed E-state index contributed by atoms with van der Waals surface area (Å²) in [7, 11) is 0. The Morgan fingerprint density at radius 1 is 0.767 bits per heavy atom. The molecule has 5 heteroatoms. The molecule has 2 unspecified atom stereocenters. The summed E-state index contributed by atoms with van der Waals surface area (Å²) in [5.41, 5.74) is 0. The smallest absolute Gasteiger partial charge is 0.305 e. The van der Waals surface area contributed by atoms with E-state index in [0.717, 1.165) is 70.6 Å². The summed E-state index contributed by atoms with van der Waals surface area (Å²) < 4.78 is 11.0. The number of rotatable bonds is 23. The van der Waals surface area contributed by atoms with Crippen molar-refractivity contribution in [2.24, 2.45) is 0 Å². The molecule has 0 saturated heterocycles. The zero-order valence-electron chi connectivity index (χ0n) is 19.9. The van der Waals surface area contributed by atoms with Gasteiger partial charge in [0.2, 0.25) is 0 Å².